The van der Waals surface area contributed by atoms with Crippen LogP contribution in [0.3, 0.4) is 0 Å². The lowest BCUT2D eigenvalue weighted by Crippen LogP contribution is -2.42. The van der Waals surface area contributed by atoms with Crippen LogP contribution < -0.4 is 15.4 Å². The van der Waals surface area contributed by atoms with Gasteiger partial charge in [-0.3, -0.25) is 9.48 Å². The Morgan fingerprint density at radius 1 is 1.05 bits per heavy atom. The number of hydrogen-bond donors (Lipinski definition) is 2. The van der Waals surface area contributed by atoms with Crippen LogP contribution in [0, 0.1) is 0 Å². The Morgan fingerprint density at radius 2 is 1.78 bits per heavy atom. The highest BCUT2D eigenvalue weighted by atomic mass is 16.6. The molecule has 4 aromatic rings. The zero-order valence-corrected chi connectivity index (χ0v) is 24.0. The second-order valence-corrected chi connectivity index (χ2v) is 11.3. The third-order valence-electron chi connectivity index (χ3n) is 7.21. The van der Waals surface area contributed by atoms with Crippen LogP contribution in [0.2, 0.25) is 0 Å². The van der Waals surface area contributed by atoms with Gasteiger partial charge in [-0.05, 0) is 63.4 Å². The maximum absolute atomic E-state index is 12.4. The Morgan fingerprint density at radius 3 is 2.46 bits per heavy atom. The van der Waals surface area contributed by atoms with Crippen molar-refractivity contribution in [1.29, 1.82) is 0 Å². The highest BCUT2D eigenvalue weighted by Gasteiger charge is 2.28. The minimum Gasteiger partial charge on any atom is -0.497 e. The van der Waals surface area contributed by atoms with E-state index in [0.717, 1.165) is 58.3 Å². The number of hydrogen-bond acceptors (Lipinski definition) is 7. The molecule has 2 N–H and O–H groups in total. The number of piperidine rings is 1. The highest BCUT2D eigenvalue weighted by Crippen LogP contribution is 2.35. The molecule has 1 aliphatic rings. The molecule has 41 heavy (non-hydrogen) atoms. The third kappa shape index (κ3) is 6.62. The van der Waals surface area contributed by atoms with Crippen molar-refractivity contribution in [1.82, 2.24) is 14.7 Å². The van der Waals surface area contributed by atoms with Crippen LogP contribution in [0.25, 0.3) is 10.8 Å². The number of aldehydes is 1. The third-order valence-corrected chi connectivity index (χ3v) is 7.21. The number of benzene rings is 3. The van der Waals surface area contributed by atoms with E-state index < -0.39 is 5.60 Å². The number of amides is 1. The second kappa shape index (κ2) is 11.9. The van der Waals surface area contributed by atoms with Gasteiger partial charge < -0.3 is 25.0 Å². The number of nitrogens with zero attached hydrogens (tertiary/aromatic N) is 3. The maximum Gasteiger partial charge on any atom is 0.410 e. The molecule has 1 saturated heterocycles. The van der Waals surface area contributed by atoms with Crippen molar-refractivity contribution in [3.05, 3.63) is 78.1 Å². The van der Waals surface area contributed by atoms with Gasteiger partial charge in [0.05, 0.1) is 25.0 Å². The van der Waals surface area contributed by atoms with Gasteiger partial charge in [0.25, 0.3) is 0 Å². The van der Waals surface area contributed by atoms with Crippen molar-refractivity contribution < 1.29 is 19.1 Å². The maximum atomic E-state index is 12.4. The first-order chi connectivity index (χ1) is 19.7. The average Bonchev–Trinajstić information content (AvgIpc) is 3.44. The summed E-state index contributed by atoms with van der Waals surface area (Å²) >= 11 is 0. The number of carbonyl (C=O) groups is 2. The number of aromatic nitrogens is 2. The first-order valence-electron chi connectivity index (χ1n) is 13.9. The predicted molar refractivity (Wildman–Crippen MR) is 161 cm³/mol. The van der Waals surface area contributed by atoms with Crippen LogP contribution in [0.5, 0.6) is 5.75 Å². The fourth-order valence-corrected chi connectivity index (χ4v) is 5.13. The molecule has 0 aliphatic carbocycles. The fraction of sp³-hybridized carbons (Fsp3) is 0.344. The van der Waals surface area contributed by atoms with Crippen LogP contribution in [-0.4, -0.2) is 52.9 Å². The van der Waals surface area contributed by atoms with Crippen molar-refractivity contribution in [2.75, 3.05) is 30.8 Å². The molecule has 2 heterocycles. The van der Waals surface area contributed by atoms with Gasteiger partial charge in [0.1, 0.15) is 11.4 Å². The van der Waals surface area contributed by atoms with Crippen molar-refractivity contribution in [3.63, 3.8) is 0 Å². The van der Waals surface area contributed by atoms with Crippen LogP contribution in [-0.2, 0) is 11.3 Å². The van der Waals surface area contributed by atoms with E-state index in [2.05, 4.69) is 15.7 Å². The summed E-state index contributed by atoms with van der Waals surface area (Å²) < 4.78 is 12.7. The van der Waals surface area contributed by atoms with E-state index in [1.807, 2.05) is 92.4 Å². The standard InChI is InChI=1S/C32H37N5O4/c1-32(2,3)41-31(39)36-16-14-25(15-17-36)37-20-24(19-34-37)35-28-12-13-29(30-23(21-38)6-5-7-27(28)30)33-18-22-8-10-26(40-4)11-9-22/h5-13,19-21,25,33,35H,14-18H2,1-4H3. The van der Waals surface area contributed by atoms with Gasteiger partial charge in [0.15, 0.2) is 6.29 Å². The molecular weight excluding hydrogens is 518 g/mol. The van der Waals surface area contributed by atoms with Gasteiger partial charge in [-0.1, -0.05) is 30.3 Å². The van der Waals surface area contributed by atoms with Gasteiger partial charge in [0, 0.05) is 53.5 Å². The largest absolute Gasteiger partial charge is 0.497 e. The molecule has 0 radical (unpaired) electrons. The van der Waals surface area contributed by atoms with E-state index >= 15 is 0 Å². The lowest BCUT2D eigenvalue weighted by Gasteiger charge is -2.33. The summed E-state index contributed by atoms with van der Waals surface area (Å²) in [5, 5.41) is 13.4. The average molecular weight is 556 g/mol. The summed E-state index contributed by atoms with van der Waals surface area (Å²) in [5.74, 6) is 0.812. The number of ether oxygens (including phenoxy) is 2. The van der Waals surface area contributed by atoms with E-state index in [9.17, 15) is 9.59 Å². The number of carbonyl (C=O) groups excluding carboxylic acids is 2. The molecule has 3 aromatic carbocycles. The van der Waals surface area contributed by atoms with E-state index in [1.165, 1.54) is 0 Å². The Hall–Kier alpha value is -4.53. The molecule has 1 amide bonds. The summed E-state index contributed by atoms with van der Waals surface area (Å²) in [6.45, 7) is 7.51. The van der Waals surface area contributed by atoms with Crippen LogP contribution >= 0.6 is 0 Å². The molecule has 0 bridgehead atoms. The summed E-state index contributed by atoms with van der Waals surface area (Å²) in [6, 6.07) is 17.9. The Labute approximate surface area is 240 Å². The molecular formula is C32H37N5O4. The molecule has 1 aromatic heterocycles. The van der Waals surface area contributed by atoms with Crippen molar-refractivity contribution in [3.8, 4) is 5.75 Å². The highest BCUT2D eigenvalue weighted by molar-refractivity contribution is 6.10. The topological polar surface area (TPSA) is 97.7 Å². The Balaban J connectivity index is 1.29. The van der Waals surface area contributed by atoms with Gasteiger partial charge in [0.2, 0.25) is 0 Å². The summed E-state index contributed by atoms with van der Waals surface area (Å²) in [6.07, 6.45) is 6.06. The van der Waals surface area contributed by atoms with E-state index in [1.54, 1.807) is 12.0 Å². The molecule has 1 aliphatic heterocycles. The summed E-state index contributed by atoms with van der Waals surface area (Å²) in [5.41, 5.74) is 3.86. The number of anilines is 3. The van der Waals surface area contributed by atoms with E-state index in [0.29, 0.717) is 25.2 Å². The fourth-order valence-electron chi connectivity index (χ4n) is 5.13. The van der Waals surface area contributed by atoms with E-state index in [-0.39, 0.29) is 12.1 Å². The predicted octanol–water partition coefficient (Wildman–Crippen LogP) is 6.79. The quantitative estimate of drug-likeness (QED) is 0.231. The van der Waals surface area contributed by atoms with Gasteiger partial charge in [-0.25, -0.2) is 4.79 Å². The molecule has 214 valence electrons. The van der Waals surface area contributed by atoms with Crippen molar-refractivity contribution in [2.45, 2.75) is 51.8 Å². The smallest absolute Gasteiger partial charge is 0.410 e. The van der Waals surface area contributed by atoms with Crippen LogP contribution in [0.1, 0.15) is 55.6 Å². The first-order valence-corrected chi connectivity index (χ1v) is 13.9. The monoisotopic (exact) mass is 555 g/mol. The minimum atomic E-state index is -0.502. The number of rotatable bonds is 8. The molecule has 0 saturated carbocycles. The minimum absolute atomic E-state index is 0.201. The van der Waals surface area contributed by atoms with Crippen molar-refractivity contribution >= 4 is 40.2 Å². The van der Waals surface area contributed by atoms with Gasteiger partial charge >= 0.3 is 6.09 Å². The molecule has 1 fully saturated rings. The van der Waals surface area contributed by atoms with Gasteiger partial charge in [-0.15, -0.1) is 0 Å². The van der Waals surface area contributed by atoms with Crippen LogP contribution in [0.4, 0.5) is 21.9 Å². The lowest BCUT2D eigenvalue weighted by molar-refractivity contribution is 0.0184. The summed E-state index contributed by atoms with van der Waals surface area (Å²) in [7, 11) is 1.65. The van der Waals surface area contributed by atoms with Crippen molar-refractivity contribution in [2.24, 2.45) is 0 Å². The second-order valence-electron chi connectivity index (χ2n) is 11.3. The molecule has 9 nitrogen and oxygen atoms in total. The number of nitrogens with one attached hydrogen (secondary N) is 2. The normalized spacial score (nSPS) is 14.1. The Bertz CT molecular complexity index is 1520. The number of methoxy groups -OCH3 is 1. The Kier molecular flexibility index (Phi) is 8.14. The molecule has 5 rings (SSSR count). The molecule has 0 atom stereocenters. The SMILES string of the molecule is COc1ccc(CNc2ccc(Nc3cnn(C4CCN(C(=O)OC(C)(C)C)CC4)c3)c3cccc(C=O)c23)cc1. The van der Waals surface area contributed by atoms with Crippen LogP contribution in [0.15, 0.2) is 67.0 Å². The molecule has 0 unspecified atom stereocenters. The lowest BCUT2D eigenvalue weighted by atomic mass is 10.0. The molecule has 0 spiro atoms. The first kappa shape index (κ1) is 28.0. The number of fused-ring (bicyclic) bond motifs is 1. The van der Waals surface area contributed by atoms with E-state index in [4.69, 9.17) is 9.47 Å². The number of likely N-dealkylation sites (tertiary alicyclic amines) is 1. The zero-order valence-electron chi connectivity index (χ0n) is 24.0. The summed E-state index contributed by atoms with van der Waals surface area (Å²) in [4.78, 5) is 26.2. The van der Waals surface area contributed by atoms with Gasteiger partial charge in [-0.2, -0.15) is 5.10 Å². The zero-order chi connectivity index (χ0) is 29.0. The molecule has 9 heteroatoms.